The molecule has 3 saturated heterocycles. The number of aryl methyl sites for hydroxylation is 1. The van der Waals surface area contributed by atoms with Crippen molar-refractivity contribution in [3.63, 3.8) is 0 Å². The third kappa shape index (κ3) is 13.4. The number of halogens is 1. The van der Waals surface area contributed by atoms with E-state index in [0.717, 1.165) is 61.0 Å². The van der Waals surface area contributed by atoms with Crippen molar-refractivity contribution < 1.29 is 65.5 Å². The van der Waals surface area contributed by atoms with E-state index in [0.29, 0.717) is 30.0 Å². The molecule has 27 heteroatoms. The summed E-state index contributed by atoms with van der Waals surface area (Å²) in [4.78, 5) is 146. The molecule has 1 unspecified atom stereocenters. The number of nitrogens with two attached hydrogens (primary N) is 1. The molecule has 2 aromatic heterocycles. The van der Waals surface area contributed by atoms with Gasteiger partial charge in [0.2, 0.25) is 35.4 Å². The molecule has 3 aromatic carbocycles. The number of imidazole rings is 1. The van der Waals surface area contributed by atoms with Crippen molar-refractivity contribution in [2.45, 2.75) is 125 Å². The van der Waals surface area contributed by atoms with Crippen LogP contribution >= 0.6 is 7.60 Å². The van der Waals surface area contributed by atoms with Crippen LogP contribution in [0.4, 0.5) is 4.39 Å². The van der Waals surface area contributed by atoms with E-state index in [1.54, 1.807) is 21.1 Å². The second-order valence-corrected chi connectivity index (χ2v) is 25.8. The van der Waals surface area contributed by atoms with E-state index in [2.05, 4.69) is 32.8 Å². The number of nitrogens with one attached hydrogen (secondary N) is 5. The lowest BCUT2D eigenvalue weighted by molar-refractivity contribution is -0.146. The highest BCUT2D eigenvalue weighted by atomic mass is 32.2. The second kappa shape index (κ2) is 24.2. The van der Waals surface area contributed by atoms with Crippen molar-refractivity contribution in [3.05, 3.63) is 112 Å². The molecule has 442 valence electrons. The van der Waals surface area contributed by atoms with Crippen LogP contribution in [0.15, 0.2) is 82.6 Å². The molecule has 1 saturated carbocycles. The predicted octanol–water partition coefficient (Wildman–Crippen LogP) is 2.84. The Kier molecular flexibility index (Phi) is 17.4. The molecular formula is C56H66FN10O14PS. The van der Waals surface area contributed by atoms with Gasteiger partial charge in [0.15, 0.2) is 9.84 Å². The molecule has 4 aliphatic rings. The Morgan fingerprint density at radius 3 is 2.33 bits per heavy atom. The van der Waals surface area contributed by atoms with Crippen LogP contribution in [0, 0.1) is 17.7 Å². The van der Waals surface area contributed by atoms with Gasteiger partial charge >= 0.3 is 13.3 Å². The number of piperidine rings is 1. The Balaban J connectivity index is 0.893. The van der Waals surface area contributed by atoms with Crippen LogP contribution in [0.3, 0.4) is 0 Å². The van der Waals surface area contributed by atoms with Gasteiger partial charge in [-0.05, 0) is 130 Å². The molecule has 0 bridgehead atoms. The summed E-state index contributed by atoms with van der Waals surface area (Å²) in [5, 5.41) is 10.9. The number of aromatic nitrogens is 3. The van der Waals surface area contributed by atoms with E-state index in [1.165, 1.54) is 41.3 Å². The molecule has 0 radical (unpaired) electrons. The standard InChI is InChI=1S/C56H66FN10O14PS/c1-30-44(17-19-49(69)60-30)67-45-15-8-33(23-47(45)64(2)56(67)76)22-31-4-6-32(7-5-31)24-50(70)65-21-20-37-11-16-46(53(73)62-41(14-18-48(58)68)51(71)59-28-35-9-12-38(27-39(35)57)83(3,80)81)66(37)54(74)43(29-65)63-52(72)42-26-36-25-34(10-13-40(36)61-42)55(75)82(77,78)79/h8-10,12-13,15,23,25-27,31-32,37,41,43-44,46,61H,1,4-7,11,14,16-22,24,28-29H2,2-3H3,(H2,58,68)(H,59,71)(H,60,69)(H,62,73)(H,63,72)(H2,77,78,79)/t31-,32+,37-,41+,43+,44?,46+/m1/s1. The lowest BCUT2D eigenvalue weighted by atomic mass is 9.78. The number of fused-ring (bicyclic) bond motifs is 3. The topological polar surface area (TPSA) is 352 Å². The van der Waals surface area contributed by atoms with E-state index in [9.17, 15) is 65.5 Å². The molecule has 7 amide bonds. The fourth-order valence-corrected chi connectivity index (χ4v) is 13.1. The van der Waals surface area contributed by atoms with Crippen molar-refractivity contribution >= 4 is 86.2 Å². The van der Waals surface area contributed by atoms with Crippen molar-refractivity contribution in [2.24, 2.45) is 24.6 Å². The Hall–Kier alpha value is -7.80. The Morgan fingerprint density at radius 1 is 0.904 bits per heavy atom. The van der Waals surface area contributed by atoms with Gasteiger partial charge in [-0.15, -0.1) is 0 Å². The number of amides is 7. The Morgan fingerprint density at radius 2 is 1.64 bits per heavy atom. The molecule has 4 fully saturated rings. The van der Waals surface area contributed by atoms with Crippen LogP contribution < -0.4 is 32.7 Å². The van der Waals surface area contributed by atoms with Crippen LogP contribution in [0.2, 0.25) is 0 Å². The predicted molar refractivity (Wildman–Crippen MR) is 299 cm³/mol. The number of H-pyrrole nitrogens is 1. The SMILES string of the molecule is C=C1NC(=O)CCC1n1c(=O)n(C)c2cc(C[C@H]3CC[C@@H](CC(=O)N4CC[C@H]5CC[C@@H](C(=O)N[C@@H](CCC(N)=O)C(=O)NCc6ccc(S(C)(=O)=O)cc6F)N5C(=O)[C@@H](NC(=O)c5cc6cc(C(=O)P(=O)(O)O)ccc6[nH]5)C4)CC3)ccc21. The van der Waals surface area contributed by atoms with Crippen molar-refractivity contribution in [1.82, 2.24) is 45.2 Å². The molecule has 9 N–H and O–H groups in total. The van der Waals surface area contributed by atoms with Gasteiger partial charge in [-0.25, -0.2) is 17.6 Å². The number of hydrogen-bond acceptors (Lipinski definition) is 12. The first-order valence-corrected chi connectivity index (χ1v) is 30.9. The second-order valence-electron chi connectivity index (χ2n) is 22.2. The number of aromatic amines is 1. The summed E-state index contributed by atoms with van der Waals surface area (Å²) in [6.45, 7) is 3.44. The molecule has 5 heterocycles. The van der Waals surface area contributed by atoms with Gasteiger partial charge in [0.05, 0.1) is 22.0 Å². The maximum atomic E-state index is 15.0. The van der Waals surface area contributed by atoms with Crippen LogP contribution in [0.25, 0.3) is 21.9 Å². The fraction of sp³-hybridized carbons (Fsp3) is 0.446. The van der Waals surface area contributed by atoms with Gasteiger partial charge in [0.1, 0.15) is 29.6 Å². The van der Waals surface area contributed by atoms with Crippen LogP contribution in [0.1, 0.15) is 115 Å². The largest absolute Gasteiger partial charge is 0.396 e. The third-order valence-corrected chi connectivity index (χ3v) is 18.4. The van der Waals surface area contributed by atoms with E-state index in [-0.39, 0.29) is 108 Å². The van der Waals surface area contributed by atoms with Crippen molar-refractivity contribution in [1.29, 1.82) is 0 Å². The molecule has 83 heavy (non-hydrogen) atoms. The van der Waals surface area contributed by atoms with Gasteiger partial charge < -0.3 is 51.6 Å². The van der Waals surface area contributed by atoms with E-state index in [4.69, 9.17) is 5.73 Å². The maximum Gasteiger partial charge on any atom is 0.396 e. The number of primary amides is 1. The normalized spacial score (nSPS) is 21.9. The smallest absolute Gasteiger partial charge is 0.370 e. The molecule has 3 aliphatic heterocycles. The number of carbonyl (C=O) groups is 8. The minimum absolute atomic E-state index is 0.0123. The summed E-state index contributed by atoms with van der Waals surface area (Å²) >= 11 is 0. The lowest BCUT2D eigenvalue weighted by Crippen LogP contribution is -2.62. The zero-order valence-electron chi connectivity index (χ0n) is 45.7. The lowest BCUT2D eigenvalue weighted by Gasteiger charge is -2.39. The summed E-state index contributed by atoms with van der Waals surface area (Å²) in [5.74, 6) is -4.88. The monoisotopic (exact) mass is 1180 g/mol. The zero-order valence-corrected chi connectivity index (χ0v) is 47.4. The molecule has 1 aliphatic carbocycles. The highest BCUT2D eigenvalue weighted by Crippen LogP contribution is 2.40. The maximum absolute atomic E-state index is 15.0. The number of nitrogens with zero attached hydrogens (tertiary/aromatic N) is 4. The zero-order chi connectivity index (χ0) is 59.8. The first-order valence-electron chi connectivity index (χ1n) is 27.4. The number of benzene rings is 3. The van der Waals surface area contributed by atoms with Gasteiger partial charge in [-0.3, -0.25) is 52.1 Å². The number of carbonyl (C=O) groups excluding carboxylic acids is 8. The van der Waals surface area contributed by atoms with Crippen LogP contribution in [0.5, 0.6) is 0 Å². The Labute approximate surface area is 475 Å². The summed E-state index contributed by atoms with van der Waals surface area (Å²) in [6.07, 6.45) is 5.78. The van der Waals surface area contributed by atoms with E-state index in [1.807, 2.05) is 18.2 Å². The summed E-state index contributed by atoms with van der Waals surface area (Å²) in [7, 11) is -7.16. The average molecular weight is 1190 g/mol. The molecule has 5 aromatic rings. The van der Waals surface area contributed by atoms with Gasteiger partial charge in [0.25, 0.3) is 11.4 Å². The quantitative estimate of drug-likeness (QED) is 0.0585. The molecular weight excluding hydrogens is 1120 g/mol. The molecule has 24 nitrogen and oxygen atoms in total. The van der Waals surface area contributed by atoms with Crippen molar-refractivity contribution in [2.75, 3.05) is 19.3 Å². The number of allylic oxidation sites excluding steroid dienone is 1. The summed E-state index contributed by atoms with van der Waals surface area (Å²) < 4.78 is 53.9. The van der Waals surface area contributed by atoms with Gasteiger partial charge in [0, 0.05) is 86.0 Å². The summed E-state index contributed by atoms with van der Waals surface area (Å²) in [6, 6.07) is 9.21. The minimum atomic E-state index is -5.15. The number of hydrogen-bond donors (Lipinski definition) is 8. The average Bonchev–Trinajstić information content (AvgIpc) is 3.52. The molecule has 9 rings (SSSR count). The van der Waals surface area contributed by atoms with Crippen LogP contribution in [-0.4, -0.2) is 133 Å². The first kappa shape index (κ1) is 59.8. The highest BCUT2D eigenvalue weighted by Gasteiger charge is 2.46. The molecule has 5 atom stereocenters. The number of sulfone groups is 1. The summed E-state index contributed by atoms with van der Waals surface area (Å²) in [5.41, 5.74) is 6.71. The van der Waals surface area contributed by atoms with E-state index >= 15 is 4.79 Å². The van der Waals surface area contributed by atoms with Crippen LogP contribution in [-0.2, 0) is 63.2 Å². The first-order chi connectivity index (χ1) is 39.2. The van der Waals surface area contributed by atoms with Crippen molar-refractivity contribution in [3.8, 4) is 0 Å². The Bertz CT molecular complexity index is 3710. The third-order valence-electron chi connectivity index (χ3n) is 16.5. The van der Waals surface area contributed by atoms with Gasteiger partial charge in [-0.1, -0.05) is 18.7 Å². The fourth-order valence-electron chi connectivity index (χ4n) is 12.0. The minimum Gasteiger partial charge on any atom is -0.370 e. The van der Waals surface area contributed by atoms with Gasteiger partial charge in [-0.2, -0.15) is 0 Å². The van der Waals surface area contributed by atoms with E-state index < -0.39 is 89.0 Å². The highest BCUT2D eigenvalue weighted by molar-refractivity contribution is 7.90. The number of rotatable bonds is 18. The molecule has 0 spiro atoms.